The Morgan fingerprint density at radius 1 is 0.223 bits per heavy atom. The quantitative estimate of drug-likeness (QED) is 0.105. The fourth-order valence-electron chi connectivity index (χ4n) is 11.7. The number of hydrogen-bond acceptors (Lipinski definition) is 0. The topological polar surface area (TPSA) is 0 Å². The first-order valence-corrected chi connectivity index (χ1v) is 44.6. The summed E-state index contributed by atoms with van der Waals surface area (Å²) in [4.78, 5) is 0. The van der Waals surface area contributed by atoms with Gasteiger partial charge < -0.3 is 0 Å². The summed E-state index contributed by atoms with van der Waals surface area (Å²) in [6, 6.07) is 87.7. The van der Waals surface area contributed by atoms with Gasteiger partial charge in [-0.05, 0) is 159 Å². The highest BCUT2D eigenvalue weighted by molar-refractivity contribution is 6.02. The number of allylic oxidation sites excluding steroid dienone is 12. The maximum atomic E-state index is 2.36. The van der Waals surface area contributed by atoms with Crippen LogP contribution < -0.4 is 0 Å². The fourth-order valence-corrected chi connectivity index (χ4v) is 11.7. The van der Waals surface area contributed by atoms with E-state index in [-0.39, 0.29) is 0 Å². The van der Waals surface area contributed by atoms with Crippen LogP contribution in [0.4, 0.5) is 0 Å². The maximum Gasteiger partial charge on any atom is 0.0278 e. The molecule has 0 heteroatoms. The Balaban J connectivity index is -0.000000283. The smallest absolute Gasteiger partial charge is 0.0278 e. The molecule has 0 heterocycles. The molecule has 12 aromatic carbocycles. The number of benzene rings is 12. The molecule has 0 saturated carbocycles. The van der Waals surface area contributed by atoms with Crippen molar-refractivity contribution in [3.63, 3.8) is 0 Å². The molecular formula is C112H164. The lowest BCUT2D eigenvalue weighted by Gasteiger charge is -2.26. The van der Waals surface area contributed by atoms with Crippen LogP contribution >= 0.6 is 0 Å². The van der Waals surface area contributed by atoms with Gasteiger partial charge in [-0.3, -0.25) is 0 Å². The molecule has 17 rings (SSSR count). The zero-order chi connectivity index (χ0) is 86.3. The Labute approximate surface area is 693 Å². The molecule has 5 aliphatic rings. The SMILES string of the molecule is C1=CC2=CCc3ccc4ccccc4c3C2C=C1.C1=CC2=CCc3cccc4ccc(c2c34)C1.C1=CCc2c(ccc3ccccc23)C1.CC.CC.CC.CC.CC.CC.CC.CC.CC.CC.CC.CC.CC.CC.CC.CC.CC.c1ccc2cc3ccccc3cc2c1.c1ccc2ccccc2c1.c1ccccc1. The molecule has 0 spiro atoms. The van der Waals surface area contributed by atoms with Crippen molar-refractivity contribution in [3.05, 3.63) is 354 Å². The van der Waals surface area contributed by atoms with Crippen molar-refractivity contribution in [1.29, 1.82) is 0 Å². The third-order valence-electron chi connectivity index (χ3n) is 15.6. The Hall–Kier alpha value is -9.36. The van der Waals surface area contributed by atoms with Gasteiger partial charge in [0.2, 0.25) is 0 Å². The highest BCUT2D eigenvalue weighted by Gasteiger charge is 2.23. The summed E-state index contributed by atoms with van der Waals surface area (Å²) in [6.45, 7) is 68.0. The number of rotatable bonds is 0. The average Bonchev–Trinajstić information content (AvgIpc) is 0.775. The molecule has 1 unspecified atom stereocenters. The standard InChI is InChI=1S/C18H14.C16H12.C14H12.C14H10.C10H8.C6H6.17C2H6/c1-3-7-16-13(5-1)9-11-15-12-10-14-6-2-4-8-17(14)18(15)16;1-3-11-7-9-13-5-2-6-14-10-8-12(4-1)15(11)16(13)14;1-3-7-13-11(5-1)9-10-12-6-2-4-8-14(12)13;1-2-6-12-10-14-8-4-3-7-13(14)9-11(12)5-1;1-2-6-10-8-4-3-7-9(10)5-1;1-2-4-6-5-3-1;17*1-2/h1-11,17H,12H2;1-5,8-10H,6-7H2;1-5,7,9-10H,6,8H2;1-10H;1-8H;1-6H;17*1-2H3. The molecule has 0 saturated heterocycles. The lowest BCUT2D eigenvalue weighted by Crippen LogP contribution is -2.10. The summed E-state index contributed by atoms with van der Waals surface area (Å²) < 4.78 is 0. The van der Waals surface area contributed by atoms with Crippen molar-refractivity contribution >= 4 is 70.2 Å². The first kappa shape index (κ1) is 114. The highest BCUT2D eigenvalue weighted by atomic mass is 14.3. The van der Waals surface area contributed by atoms with Gasteiger partial charge in [-0.25, -0.2) is 0 Å². The van der Waals surface area contributed by atoms with Gasteiger partial charge in [0.1, 0.15) is 0 Å². The molecule has 0 bridgehead atoms. The summed E-state index contributed by atoms with van der Waals surface area (Å²) in [7, 11) is 0. The van der Waals surface area contributed by atoms with E-state index in [0.29, 0.717) is 5.92 Å². The van der Waals surface area contributed by atoms with Crippen molar-refractivity contribution in [2.45, 2.75) is 273 Å². The molecule has 5 aliphatic carbocycles. The molecule has 612 valence electrons. The van der Waals surface area contributed by atoms with E-state index in [0.717, 1.165) is 32.1 Å². The van der Waals surface area contributed by atoms with Crippen molar-refractivity contribution in [2.24, 2.45) is 0 Å². The summed E-state index contributed by atoms with van der Waals surface area (Å²) in [5, 5.41) is 16.3. The van der Waals surface area contributed by atoms with Gasteiger partial charge in [0.15, 0.2) is 0 Å². The van der Waals surface area contributed by atoms with E-state index in [4.69, 9.17) is 0 Å². The van der Waals surface area contributed by atoms with Gasteiger partial charge >= 0.3 is 0 Å². The molecular weight excluding hydrogens is 1350 g/mol. The van der Waals surface area contributed by atoms with Crippen LogP contribution in [0.2, 0.25) is 0 Å². The number of hydrogen-bond donors (Lipinski definition) is 0. The second kappa shape index (κ2) is 81.1. The minimum Gasteiger partial charge on any atom is -0.0838 e. The third kappa shape index (κ3) is 38.2. The normalized spacial score (nSPS) is 11.0. The second-order valence-electron chi connectivity index (χ2n) is 20.4. The highest BCUT2D eigenvalue weighted by Crippen LogP contribution is 2.41. The van der Waals surface area contributed by atoms with Crippen LogP contribution in [0.25, 0.3) is 70.2 Å². The minimum atomic E-state index is 0.449. The monoisotopic (exact) mass is 1510 g/mol. The van der Waals surface area contributed by atoms with Crippen molar-refractivity contribution in [1.82, 2.24) is 0 Å². The van der Waals surface area contributed by atoms with E-state index in [1.54, 1.807) is 0 Å². The van der Waals surface area contributed by atoms with Gasteiger partial charge in [-0.15, -0.1) is 0 Å². The van der Waals surface area contributed by atoms with Crippen molar-refractivity contribution in [2.75, 3.05) is 0 Å². The van der Waals surface area contributed by atoms with E-state index < -0.39 is 0 Å². The summed E-state index contributed by atoms with van der Waals surface area (Å²) in [5.74, 6) is 0.449. The Morgan fingerprint density at radius 2 is 0.562 bits per heavy atom. The average molecular weight is 1510 g/mol. The largest absolute Gasteiger partial charge is 0.0838 e. The molecule has 1 atom stereocenters. The molecule has 112 heavy (non-hydrogen) atoms. The van der Waals surface area contributed by atoms with E-state index in [1.165, 1.54) is 115 Å². The van der Waals surface area contributed by atoms with Gasteiger partial charge in [0, 0.05) is 5.92 Å². The van der Waals surface area contributed by atoms with Crippen LogP contribution in [-0.2, 0) is 32.1 Å². The fraction of sp³-hybridized carbons (Fsp3) is 0.357. The van der Waals surface area contributed by atoms with Gasteiger partial charge in [0.25, 0.3) is 0 Å². The lowest BCUT2D eigenvalue weighted by molar-refractivity contribution is 0.949. The summed E-state index contributed by atoms with van der Waals surface area (Å²) >= 11 is 0. The predicted octanol–water partition coefficient (Wildman–Crippen LogP) is 37.9. The van der Waals surface area contributed by atoms with Gasteiger partial charge in [-0.2, -0.15) is 0 Å². The van der Waals surface area contributed by atoms with Crippen LogP contribution in [0.5, 0.6) is 0 Å². The molecule has 0 fully saturated rings. The van der Waals surface area contributed by atoms with Gasteiger partial charge in [-0.1, -0.05) is 533 Å². The van der Waals surface area contributed by atoms with E-state index in [1.807, 2.05) is 272 Å². The van der Waals surface area contributed by atoms with E-state index in [9.17, 15) is 0 Å². The zero-order valence-corrected chi connectivity index (χ0v) is 78.1. The Bertz CT molecular complexity index is 4090. The van der Waals surface area contributed by atoms with Gasteiger partial charge in [0.05, 0.1) is 0 Å². The maximum absolute atomic E-state index is 2.36. The summed E-state index contributed by atoms with van der Waals surface area (Å²) in [6.07, 6.45) is 28.1. The molecule has 0 radical (unpaired) electrons. The third-order valence-corrected chi connectivity index (χ3v) is 15.6. The minimum absolute atomic E-state index is 0.449. The van der Waals surface area contributed by atoms with Crippen LogP contribution in [0.3, 0.4) is 0 Å². The lowest BCUT2D eigenvalue weighted by atomic mass is 9.78. The first-order valence-electron chi connectivity index (χ1n) is 44.6. The molecule has 0 aliphatic heterocycles. The molecule has 0 N–H and O–H groups in total. The second-order valence-corrected chi connectivity index (χ2v) is 20.4. The van der Waals surface area contributed by atoms with E-state index >= 15 is 0 Å². The van der Waals surface area contributed by atoms with Crippen LogP contribution in [0.15, 0.2) is 315 Å². The molecule has 12 aromatic rings. The van der Waals surface area contributed by atoms with E-state index in [2.05, 4.69) is 273 Å². The van der Waals surface area contributed by atoms with Crippen molar-refractivity contribution in [3.8, 4) is 0 Å². The van der Waals surface area contributed by atoms with Crippen LogP contribution in [0.1, 0.15) is 280 Å². The Kier molecular flexibility index (Phi) is 82.2. The predicted molar refractivity (Wildman–Crippen MR) is 530 cm³/mol. The molecule has 0 nitrogen and oxygen atoms in total. The first-order chi connectivity index (χ1) is 55.7. The summed E-state index contributed by atoms with van der Waals surface area (Å²) in [5.41, 5.74) is 13.3. The zero-order valence-electron chi connectivity index (χ0n) is 78.1. The van der Waals surface area contributed by atoms with Crippen molar-refractivity contribution < 1.29 is 0 Å². The van der Waals surface area contributed by atoms with Crippen LogP contribution in [0, 0.1) is 0 Å². The van der Waals surface area contributed by atoms with Crippen LogP contribution in [-0.4, -0.2) is 0 Å². The Morgan fingerprint density at radius 3 is 1.01 bits per heavy atom. The number of fused-ring (bicyclic) bond motifs is 11. The molecule has 0 amide bonds. The molecule has 0 aromatic heterocycles.